The predicted octanol–water partition coefficient (Wildman–Crippen LogP) is 2.71. The number of carbonyl (C=O) groups is 1. The molecule has 0 unspecified atom stereocenters. The number of urea groups is 1. The molecule has 1 aliphatic carbocycles. The number of hydrogen-bond donors (Lipinski definition) is 1. The lowest BCUT2D eigenvalue weighted by atomic mass is 10.2. The largest absolute Gasteiger partial charge is 0.322 e. The summed E-state index contributed by atoms with van der Waals surface area (Å²) >= 11 is 1.91. The molecule has 1 aliphatic heterocycles. The number of thioether (sulfide) groups is 1. The standard InChI is InChI=1S/C14H20N4OS/c1-10-4-6-20-7-5-18(10)14(19)17-12-8-15-13(16-9-12)11-2-3-11/h8-11H,2-7H2,1H3,(H,17,19)/t10-/m0/s1. The van der Waals surface area contributed by atoms with Gasteiger partial charge < -0.3 is 10.2 Å². The fraction of sp³-hybridized carbons (Fsp3) is 0.643. The Morgan fingerprint density at radius 3 is 2.75 bits per heavy atom. The van der Waals surface area contributed by atoms with Crippen LogP contribution in [0.25, 0.3) is 0 Å². The molecule has 1 saturated heterocycles. The minimum atomic E-state index is -0.0391. The van der Waals surface area contributed by atoms with Gasteiger partial charge in [0.2, 0.25) is 0 Å². The van der Waals surface area contributed by atoms with Crippen molar-refractivity contribution in [2.75, 3.05) is 23.4 Å². The van der Waals surface area contributed by atoms with Crippen LogP contribution in [0.4, 0.5) is 10.5 Å². The second-order valence-electron chi connectivity index (χ2n) is 5.48. The predicted molar refractivity (Wildman–Crippen MR) is 81.1 cm³/mol. The normalized spacial score (nSPS) is 23.2. The molecule has 2 fully saturated rings. The van der Waals surface area contributed by atoms with Gasteiger partial charge in [0.1, 0.15) is 5.82 Å². The van der Waals surface area contributed by atoms with Crippen LogP contribution >= 0.6 is 11.8 Å². The summed E-state index contributed by atoms with van der Waals surface area (Å²) < 4.78 is 0. The lowest BCUT2D eigenvalue weighted by molar-refractivity contribution is 0.197. The van der Waals surface area contributed by atoms with Crippen molar-refractivity contribution in [3.63, 3.8) is 0 Å². The van der Waals surface area contributed by atoms with Gasteiger partial charge in [-0.15, -0.1) is 0 Å². The van der Waals surface area contributed by atoms with Crippen molar-refractivity contribution in [2.45, 2.75) is 38.1 Å². The van der Waals surface area contributed by atoms with Gasteiger partial charge in [-0.25, -0.2) is 14.8 Å². The smallest absolute Gasteiger partial charge is 0.321 e. The van der Waals surface area contributed by atoms with E-state index in [2.05, 4.69) is 22.2 Å². The van der Waals surface area contributed by atoms with Crippen molar-refractivity contribution in [3.05, 3.63) is 18.2 Å². The topological polar surface area (TPSA) is 58.1 Å². The Morgan fingerprint density at radius 1 is 1.30 bits per heavy atom. The van der Waals surface area contributed by atoms with Crippen molar-refractivity contribution < 1.29 is 4.79 Å². The monoisotopic (exact) mass is 292 g/mol. The molecular weight excluding hydrogens is 272 g/mol. The summed E-state index contributed by atoms with van der Waals surface area (Å²) in [4.78, 5) is 22.9. The highest BCUT2D eigenvalue weighted by Gasteiger charge is 2.26. The zero-order chi connectivity index (χ0) is 13.9. The summed E-state index contributed by atoms with van der Waals surface area (Å²) in [6.07, 6.45) is 6.87. The van der Waals surface area contributed by atoms with Crippen LogP contribution in [0, 0.1) is 0 Å². The molecule has 5 nitrogen and oxygen atoms in total. The van der Waals surface area contributed by atoms with Crippen molar-refractivity contribution >= 4 is 23.5 Å². The van der Waals surface area contributed by atoms with Gasteiger partial charge in [0.05, 0.1) is 18.1 Å². The van der Waals surface area contributed by atoms with Crippen LogP contribution in [0.5, 0.6) is 0 Å². The second kappa shape index (κ2) is 5.99. The SMILES string of the molecule is C[C@H]1CCSCCN1C(=O)Nc1cnc(C2CC2)nc1. The molecule has 0 aromatic carbocycles. The molecule has 1 saturated carbocycles. The van der Waals surface area contributed by atoms with E-state index in [1.54, 1.807) is 12.4 Å². The van der Waals surface area contributed by atoms with Gasteiger partial charge in [-0.1, -0.05) is 0 Å². The fourth-order valence-corrected chi connectivity index (χ4v) is 3.38. The molecule has 3 rings (SSSR count). The molecule has 20 heavy (non-hydrogen) atoms. The van der Waals surface area contributed by atoms with Gasteiger partial charge in [0, 0.05) is 24.3 Å². The molecule has 1 N–H and O–H groups in total. The fourth-order valence-electron chi connectivity index (χ4n) is 2.35. The Labute approximate surface area is 123 Å². The number of rotatable bonds is 2. The number of carbonyl (C=O) groups excluding carboxylic acids is 1. The van der Waals surface area contributed by atoms with E-state index in [-0.39, 0.29) is 12.1 Å². The maximum absolute atomic E-state index is 12.3. The third-order valence-electron chi connectivity index (χ3n) is 3.81. The summed E-state index contributed by atoms with van der Waals surface area (Å²) in [5.41, 5.74) is 0.684. The first-order valence-corrected chi connectivity index (χ1v) is 8.37. The molecule has 108 valence electrons. The number of amides is 2. The first kappa shape index (κ1) is 13.7. The van der Waals surface area contributed by atoms with Crippen molar-refractivity contribution in [1.29, 1.82) is 0 Å². The first-order chi connectivity index (χ1) is 9.74. The molecule has 2 aliphatic rings. The Morgan fingerprint density at radius 2 is 2.05 bits per heavy atom. The Bertz CT molecular complexity index is 475. The first-order valence-electron chi connectivity index (χ1n) is 7.21. The zero-order valence-corrected chi connectivity index (χ0v) is 12.5. The highest BCUT2D eigenvalue weighted by atomic mass is 32.2. The van der Waals surface area contributed by atoms with Gasteiger partial charge in [0.15, 0.2) is 0 Å². The molecule has 2 amide bonds. The lowest BCUT2D eigenvalue weighted by Gasteiger charge is -2.26. The Balaban J connectivity index is 1.61. The molecular formula is C14H20N4OS. The average Bonchev–Trinajstić information content (AvgIpc) is 3.27. The van der Waals surface area contributed by atoms with Crippen molar-refractivity contribution in [1.82, 2.24) is 14.9 Å². The van der Waals surface area contributed by atoms with Crippen molar-refractivity contribution in [3.8, 4) is 0 Å². The van der Waals surface area contributed by atoms with E-state index >= 15 is 0 Å². The average molecular weight is 292 g/mol. The van der Waals surface area contributed by atoms with Crippen LogP contribution in [0.2, 0.25) is 0 Å². The van der Waals surface area contributed by atoms with Crippen LogP contribution in [0.15, 0.2) is 12.4 Å². The van der Waals surface area contributed by atoms with E-state index in [9.17, 15) is 4.79 Å². The minimum absolute atomic E-state index is 0.0391. The van der Waals surface area contributed by atoms with Crippen LogP contribution in [-0.4, -0.2) is 45.0 Å². The van der Waals surface area contributed by atoms with E-state index in [1.807, 2.05) is 16.7 Å². The van der Waals surface area contributed by atoms with Gasteiger partial charge in [-0.05, 0) is 31.9 Å². The minimum Gasteiger partial charge on any atom is -0.321 e. The van der Waals surface area contributed by atoms with Gasteiger partial charge in [0.25, 0.3) is 0 Å². The number of nitrogens with zero attached hydrogens (tertiary/aromatic N) is 3. The molecule has 1 atom stereocenters. The van der Waals surface area contributed by atoms with E-state index in [0.29, 0.717) is 11.6 Å². The third-order valence-corrected chi connectivity index (χ3v) is 4.81. The lowest BCUT2D eigenvalue weighted by Crippen LogP contribution is -2.42. The maximum atomic E-state index is 12.3. The Kier molecular flexibility index (Phi) is 4.10. The quantitative estimate of drug-likeness (QED) is 0.910. The third kappa shape index (κ3) is 3.23. The van der Waals surface area contributed by atoms with Crippen LogP contribution in [0.3, 0.4) is 0 Å². The van der Waals surface area contributed by atoms with E-state index in [4.69, 9.17) is 0 Å². The number of nitrogens with one attached hydrogen (secondary N) is 1. The van der Waals surface area contributed by atoms with Crippen LogP contribution in [-0.2, 0) is 0 Å². The van der Waals surface area contributed by atoms with Crippen molar-refractivity contribution in [2.24, 2.45) is 0 Å². The summed E-state index contributed by atoms with van der Waals surface area (Å²) in [6.45, 7) is 2.91. The molecule has 2 heterocycles. The number of anilines is 1. The van der Waals surface area contributed by atoms with Gasteiger partial charge in [-0.2, -0.15) is 11.8 Å². The highest BCUT2D eigenvalue weighted by molar-refractivity contribution is 7.99. The van der Waals surface area contributed by atoms with Gasteiger partial charge >= 0.3 is 6.03 Å². The second-order valence-corrected chi connectivity index (χ2v) is 6.70. The maximum Gasteiger partial charge on any atom is 0.322 e. The molecule has 6 heteroatoms. The summed E-state index contributed by atoms with van der Waals surface area (Å²) in [5.74, 6) is 3.59. The number of hydrogen-bond acceptors (Lipinski definition) is 4. The summed E-state index contributed by atoms with van der Waals surface area (Å²) in [5, 5.41) is 2.91. The van der Waals surface area contributed by atoms with E-state index in [1.165, 1.54) is 12.8 Å². The van der Waals surface area contributed by atoms with E-state index in [0.717, 1.165) is 30.3 Å². The molecule has 0 radical (unpaired) electrons. The van der Waals surface area contributed by atoms with Gasteiger partial charge in [-0.3, -0.25) is 0 Å². The van der Waals surface area contributed by atoms with E-state index < -0.39 is 0 Å². The molecule has 1 aromatic rings. The Hall–Kier alpha value is -1.30. The summed E-state index contributed by atoms with van der Waals surface area (Å²) in [6, 6.07) is 0.249. The van der Waals surface area contributed by atoms with Crippen LogP contribution in [0.1, 0.15) is 37.9 Å². The zero-order valence-electron chi connectivity index (χ0n) is 11.7. The highest BCUT2D eigenvalue weighted by Crippen LogP contribution is 2.37. The van der Waals surface area contributed by atoms with Crippen LogP contribution < -0.4 is 5.32 Å². The molecule has 0 bridgehead atoms. The molecule has 0 spiro atoms. The molecule has 1 aromatic heterocycles. The number of aromatic nitrogens is 2. The summed E-state index contributed by atoms with van der Waals surface area (Å²) in [7, 11) is 0.